The van der Waals surface area contributed by atoms with Gasteiger partial charge in [0, 0.05) is 42.7 Å². The number of carbonyl (C=O) groups excluding carboxylic acids is 1. The van der Waals surface area contributed by atoms with Crippen molar-refractivity contribution in [2.45, 2.75) is 25.4 Å². The Hall–Kier alpha value is -2.40. The van der Waals surface area contributed by atoms with Gasteiger partial charge in [0.05, 0.1) is 5.71 Å². The third-order valence-corrected chi connectivity index (χ3v) is 3.96. The largest absolute Gasteiger partial charge is 0.382 e. The van der Waals surface area contributed by atoms with Crippen LogP contribution in [0.1, 0.15) is 17.7 Å². The van der Waals surface area contributed by atoms with Gasteiger partial charge in [-0.2, -0.15) is 0 Å². The molecule has 1 aromatic carbocycles. The number of nitrogens with zero attached hydrogens (tertiary/aromatic N) is 2. The fourth-order valence-electron chi connectivity index (χ4n) is 2.53. The lowest BCUT2D eigenvalue weighted by atomic mass is 10.0. The van der Waals surface area contributed by atoms with Gasteiger partial charge in [0.2, 0.25) is 6.10 Å². The first kappa shape index (κ1) is 16.5. The molecule has 1 aliphatic heterocycles. The zero-order valence-electron chi connectivity index (χ0n) is 13.1. The molecule has 0 saturated heterocycles. The highest BCUT2D eigenvalue weighted by molar-refractivity contribution is 6.30. The van der Waals surface area contributed by atoms with E-state index in [9.17, 15) is 4.79 Å². The number of nitrogens with one attached hydrogen (secondary N) is 1. The summed E-state index contributed by atoms with van der Waals surface area (Å²) in [5.74, 6) is -0.143. The minimum Gasteiger partial charge on any atom is -0.382 e. The molecule has 0 fully saturated rings. The van der Waals surface area contributed by atoms with Crippen LogP contribution in [0.25, 0.3) is 0 Å². The molecule has 2 heterocycles. The summed E-state index contributed by atoms with van der Waals surface area (Å²) in [4.78, 5) is 21.6. The van der Waals surface area contributed by atoms with Crippen molar-refractivity contribution in [3.05, 3.63) is 64.9 Å². The van der Waals surface area contributed by atoms with Gasteiger partial charge >= 0.3 is 0 Å². The molecule has 1 aliphatic rings. The molecule has 0 aliphatic carbocycles. The van der Waals surface area contributed by atoms with Crippen LogP contribution in [-0.2, 0) is 22.5 Å². The number of pyridine rings is 1. The third kappa shape index (κ3) is 4.55. The third-order valence-electron chi connectivity index (χ3n) is 3.73. The monoisotopic (exact) mass is 343 g/mol. The summed E-state index contributed by atoms with van der Waals surface area (Å²) < 4.78 is 0. The van der Waals surface area contributed by atoms with E-state index in [1.165, 1.54) is 0 Å². The molecule has 0 spiro atoms. The second-order valence-corrected chi connectivity index (χ2v) is 6.06. The molecule has 3 rings (SSSR count). The Morgan fingerprint density at radius 3 is 3.00 bits per heavy atom. The van der Waals surface area contributed by atoms with Crippen LogP contribution in [0, 0.1) is 0 Å². The van der Waals surface area contributed by atoms with E-state index >= 15 is 0 Å². The molecule has 24 heavy (non-hydrogen) atoms. The molecule has 124 valence electrons. The molecule has 1 amide bonds. The molecule has 5 nitrogen and oxygen atoms in total. The maximum atomic E-state index is 12.1. The van der Waals surface area contributed by atoms with E-state index in [1.807, 2.05) is 42.5 Å². The normalized spacial score (nSPS) is 16.4. The molecule has 2 aromatic rings. The first-order valence-corrected chi connectivity index (χ1v) is 8.22. The van der Waals surface area contributed by atoms with E-state index in [1.54, 1.807) is 6.20 Å². The van der Waals surface area contributed by atoms with Gasteiger partial charge in [-0.15, -0.1) is 0 Å². The SMILES string of the molecule is O=C(NCCc1ccccn1)[C@@H]1CC(Cc2cccc(Cl)c2)=NO1. The van der Waals surface area contributed by atoms with Crippen LogP contribution in [0.4, 0.5) is 0 Å². The molecule has 0 radical (unpaired) electrons. The van der Waals surface area contributed by atoms with Crippen molar-refractivity contribution in [1.29, 1.82) is 0 Å². The molecule has 0 unspecified atom stereocenters. The predicted octanol–water partition coefficient (Wildman–Crippen LogP) is 2.78. The summed E-state index contributed by atoms with van der Waals surface area (Å²) >= 11 is 5.98. The van der Waals surface area contributed by atoms with Gasteiger partial charge in [0.25, 0.3) is 5.91 Å². The lowest BCUT2D eigenvalue weighted by Crippen LogP contribution is -2.36. The molecule has 1 atom stereocenters. The minimum absolute atomic E-state index is 0.143. The lowest BCUT2D eigenvalue weighted by molar-refractivity contribution is -0.131. The van der Waals surface area contributed by atoms with E-state index in [0.29, 0.717) is 30.8 Å². The second kappa shape index (κ2) is 7.93. The number of amides is 1. The molecule has 6 heteroatoms. The number of oxime groups is 1. The van der Waals surface area contributed by atoms with Crippen molar-refractivity contribution < 1.29 is 9.63 Å². The Labute approximate surface area is 145 Å². The van der Waals surface area contributed by atoms with E-state index in [2.05, 4.69) is 15.5 Å². The number of carbonyl (C=O) groups is 1. The van der Waals surface area contributed by atoms with Gasteiger partial charge in [0.1, 0.15) is 0 Å². The Morgan fingerprint density at radius 2 is 2.21 bits per heavy atom. The Morgan fingerprint density at radius 1 is 1.29 bits per heavy atom. The van der Waals surface area contributed by atoms with E-state index in [0.717, 1.165) is 17.0 Å². The number of hydrogen-bond acceptors (Lipinski definition) is 4. The van der Waals surface area contributed by atoms with Gasteiger partial charge in [-0.25, -0.2) is 0 Å². The Kier molecular flexibility index (Phi) is 5.43. The highest BCUT2D eigenvalue weighted by Gasteiger charge is 2.27. The molecule has 1 aromatic heterocycles. The molecule has 1 N–H and O–H groups in total. The van der Waals surface area contributed by atoms with Gasteiger partial charge in [-0.1, -0.05) is 35.0 Å². The standard InChI is InChI=1S/C18H18ClN3O2/c19-14-5-3-4-13(10-14)11-16-12-17(24-22-16)18(23)21-9-7-15-6-1-2-8-20-15/h1-6,8,10,17H,7,9,11-12H2,(H,21,23)/t17-/m0/s1. The predicted molar refractivity (Wildman–Crippen MR) is 93.0 cm³/mol. The van der Waals surface area contributed by atoms with Crippen molar-refractivity contribution in [3.8, 4) is 0 Å². The van der Waals surface area contributed by atoms with Crippen LogP contribution in [0.2, 0.25) is 5.02 Å². The number of benzene rings is 1. The maximum Gasteiger partial charge on any atom is 0.264 e. The summed E-state index contributed by atoms with van der Waals surface area (Å²) in [7, 11) is 0. The van der Waals surface area contributed by atoms with Crippen molar-refractivity contribution in [2.75, 3.05) is 6.54 Å². The summed E-state index contributed by atoms with van der Waals surface area (Å²) in [5.41, 5.74) is 2.85. The van der Waals surface area contributed by atoms with Gasteiger partial charge in [-0.05, 0) is 29.8 Å². The average molecular weight is 344 g/mol. The van der Waals surface area contributed by atoms with Crippen molar-refractivity contribution in [2.24, 2.45) is 5.16 Å². The van der Waals surface area contributed by atoms with Crippen LogP contribution < -0.4 is 5.32 Å². The quantitative estimate of drug-likeness (QED) is 0.877. The minimum atomic E-state index is -0.553. The first-order chi connectivity index (χ1) is 11.7. The van der Waals surface area contributed by atoms with Gasteiger partial charge < -0.3 is 10.2 Å². The maximum absolute atomic E-state index is 12.1. The van der Waals surface area contributed by atoms with Crippen LogP contribution in [-0.4, -0.2) is 29.3 Å². The first-order valence-electron chi connectivity index (χ1n) is 7.84. The fourth-order valence-corrected chi connectivity index (χ4v) is 2.74. The van der Waals surface area contributed by atoms with E-state index < -0.39 is 6.10 Å². The van der Waals surface area contributed by atoms with Gasteiger partial charge in [-0.3, -0.25) is 9.78 Å². The number of hydrogen-bond donors (Lipinski definition) is 1. The lowest BCUT2D eigenvalue weighted by Gasteiger charge is -2.09. The highest BCUT2D eigenvalue weighted by Crippen LogP contribution is 2.17. The van der Waals surface area contributed by atoms with E-state index in [-0.39, 0.29) is 5.91 Å². The Bertz CT molecular complexity index is 734. The van der Waals surface area contributed by atoms with Crippen LogP contribution in [0.15, 0.2) is 53.8 Å². The van der Waals surface area contributed by atoms with Crippen LogP contribution >= 0.6 is 11.6 Å². The molecule has 0 saturated carbocycles. The summed E-state index contributed by atoms with van der Waals surface area (Å²) in [6.45, 7) is 0.527. The fraction of sp³-hybridized carbons (Fsp3) is 0.278. The molecular weight excluding hydrogens is 326 g/mol. The summed E-state index contributed by atoms with van der Waals surface area (Å²) in [5, 5.41) is 7.59. The number of aromatic nitrogens is 1. The smallest absolute Gasteiger partial charge is 0.264 e. The number of halogens is 1. The topological polar surface area (TPSA) is 63.6 Å². The zero-order valence-corrected chi connectivity index (χ0v) is 13.9. The second-order valence-electron chi connectivity index (χ2n) is 5.62. The van der Waals surface area contributed by atoms with Crippen molar-refractivity contribution in [1.82, 2.24) is 10.3 Å². The highest BCUT2D eigenvalue weighted by atomic mass is 35.5. The zero-order chi connectivity index (χ0) is 16.8. The summed E-state index contributed by atoms with van der Waals surface area (Å²) in [6, 6.07) is 13.3. The summed E-state index contributed by atoms with van der Waals surface area (Å²) in [6.07, 6.45) is 3.02. The van der Waals surface area contributed by atoms with Crippen molar-refractivity contribution >= 4 is 23.2 Å². The molecule has 0 bridgehead atoms. The average Bonchev–Trinajstić information content (AvgIpc) is 3.04. The van der Waals surface area contributed by atoms with Crippen LogP contribution in [0.3, 0.4) is 0 Å². The van der Waals surface area contributed by atoms with Crippen molar-refractivity contribution in [3.63, 3.8) is 0 Å². The van der Waals surface area contributed by atoms with E-state index in [4.69, 9.17) is 16.4 Å². The molecular formula is C18H18ClN3O2. The number of rotatable bonds is 6. The van der Waals surface area contributed by atoms with Crippen LogP contribution in [0.5, 0.6) is 0 Å². The van der Waals surface area contributed by atoms with Gasteiger partial charge in [0.15, 0.2) is 0 Å². The Balaban J connectivity index is 1.43.